The number of carbonyl (C=O) groups is 2. The fourth-order valence-corrected chi connectivity index (χ4v) is 2.53. The standard InChI is InChI=1S/C16H22N2O7/c1-8(20)17-10-3-5-11(6-4-10)24-16-13(18-9(2)21)15(23)14(22)12(7-19)25-16/h3-6,12-16,19,22-23H,7H2,1-2H3,(H,17,20)(H,18,21)/t12?,13-,14?,15?,16?/m0/s1. The number of nitrogens with one attached hydrogen (secondary N) is 2. The number of amides is 2. The second-order valence-electron chi connectivity index (χ2n) is 5.76. The van der Waals surface area contributed by atoms with E-state index in [1.54, 1.807) is 24.3 Å². The van der Waals surface area contributed by atoms with Crippen LogP contribution in [0.25, 0.3) is 0 Å². The Labute approximate surface area is 144 Å². The largest absolute Gasteiger partial charge is 0.463 e. The average molecular weight is 354 g/mol. The van der Waals surface area contributed by atoms with Crippen LogP contribution < -0.4 is 15.4 Å². The topological polar surface area (TPSA) is 137 Å². The van der Waals surface area contributed by atoms with Crippen LogP contribution in [0.2, 0.25) is 0 Å². The fraction of sp³-hybridized carbons (Fsp3) is 0.500. The monoisotopic (exact) mass is 354 g/mol. The quantitative estimate of drug-likeness (QED) is 0.456. The van der Waals surface area contributed by atoms with Crippen molar-refractivity contribution in [2.75, 3.05) is 11.9 Å². The van der Waals surface area contributed by atoms with Crippen molar-refractivity contribution in [1.29, 1.82) is 0 Å². The maximum atomic E-state index is 11.4. The summed E-state index contributed by atoms with van der Waals surface area (Å²) >= 11 is 0. The number of aliphatic hydroxyl groups excluding tert-OH is 3. The van der Waals surface area contributed by atoms with E-state index in [9.17, 15) is 24.9 Å². The Morgan fingerprint density at radius 2 is 1.76 bits per heavy atom. The van der Waals surface area contributed by atoms with Gasteiger partial charge in [-0.25, -0.2) is 0 Å². The van der Waals surface area contributed by atoms with E-state index < -0.39 is 43.2 Å². The Morgan fingerprint density at radius 3 is 2.28 bits per heavy atom. The second-order valence-corrected chi connectivity index (χ2v) is 5.76. The third-order valence-corrected chi connectivity index (χ3v) is 3.68. The van der Waals surface area contributed by atoms with Crippen LogP contribution in [0, 0.1) is 0 Å². The van der Waals surface area contributed by atoms with Crippen LogP contribution in [-0.4, -0.2) is 64.4 Å². The highest BCUT2D eigenvalue weighted by atomic mass is 16.7. The first-order valence-corrected chi connectivity index (χ1v) is 7.75. The van der Waals surface area contributed by atoms with Crippen molar-refractivity contribution < 1.29 is 34.4 Å². The molecule has 5 N–H and O–H groups in total. The van der Waals surface area contributed by atoms with Crippen molar-refractivity contribution >= 4 is 17.5 Å². The zero-order chi connectivity index (χ0) is 18.6. The van der Waals surface area contributed by atoms with Crippen molar-refractivity contribution in [2.24, 2.45) is 0 Å². The summed E-state index contributed by atoms with van der Waals surface area (Å²) in [5.74, 6) is -0.287. The van der Waals surface area contributed by atoms with E-state index in [-0.39, 0.29) is 5.91 Å². The molecule has 2 amide bonds. The van der Waals surface area contributed by atoms with Gasteiger partial charge in [-0.3, -0.25) is 9.59 Å². The Kier molecular flexibility index (Phi) is 6.32. The SMILES string of the molecule is CC(=O)Nc1ccc(OC2OC(CO)C(O)C(O)[C@@H]2NC(C)=O)cc1. The van der Waals surface area contributed by atoms with E-state index in [1.807, 2.05) is 0 Å². The molecule has 0 saturated carbocycles. The maximum absolute atomic E-state index is 11.4. The number of benzene rings is 1. The summed E-state index contributed by atoms with van der Waals surface area (Å²) < 4.78 is 11.1. The van der Waals surface area contributed by atoms with Gasteiger partial charge in [-0.05, 0) is 24.3 Å². The summed E-state index contributed by atoms with van der Waals surface area (Å²) in [5.41, 5.74) is 0.575. The molecule has 1 heterocycles. The highest BCUT2D eigenvalue weighted by Gasteiger charge is 2.46. The number of anilines is 1. The molecule has 5 atom stereocenters. The molecule has 1 aliphatic rings. The number of hydrogen-bond acceptors (Lipinski definition) is 7. The van der Waals surface area contributed by atoms with Gasteiger partial charge in [-0.2, -0.15) is 0 Å². The molecular weight excluding hydrogens is 332 g/mol. The van der Waals surface area contributed by atoms with Crippen molar-refractivity contribution in [3.63, 3.8) is 0 Å². The molecule has 0 spiro atoms. The van der Waals surface area contributed by atoms with E-state index in [4.69, 9.17) is 9.47 Å². The minimum Gasteiger partial charge on any atom is -0.463 e. The summed E-state index contributed by atoms with van der Waals surface area (Å²) in [5, 5.41) is 34.5. The molecule has 9 nitrogen and oxygen atoms in total. The number of hydrogen-bond donors (Lipinski definition) is 5. The van der Waals surface area contributed by atoms with Crippen LogP contribution in [0.15, 0.2) is 24.3 Å². The van der Waals surface area contributed by atoms with E-state index in [0.717, 1.165) is 0 Å². The molecule has 0 aliphatic carbocycles. The highest BCUT2D eigenvalue weighted by molar-refractivity contribution is 5.88. The van der Waals surface area contributed by atoms with Crippen molar-refractivity contribution in [1.82, 2.24) is 5.32 Å². The van der Waals surface area contributed by atoms with Crippen LogP contribution in [0.5, 0.6) is 5.75 Å². The van der Waals surface area contributed by atoms with Crippen LogP contribution >= 0.6 is 0 Å². The molecule has 0 radical (unpaired) electrons. The predicted octanol–water partition coefficient (Wildman–Crippen LogP) is -1.03. The molecule has 25 heavy (non-hydrogen) atoms. The summed E-state index contributed by atoms with van der Waals surface area (Å²) in [7, 11) is 0. The van der Waals surface area contributed by atoms with Gasteiger partial charge in [-0.1, -0.05) is 0 Å². The van der Waals surface area contributed by atoms with Gasteiger partial charge in [0.1, 0.15) is 30.1 Å². The first kappa shape index (κ1) is 19.1. The van der Waals surface area contributed by atoms with E-state index in [1.165, 1.54) is 13.8 Å². The Balaban J connectivity index is 2.15. The molecule has 4 unspecified atom stereocenters. The lowest BCUT2D eigenvalue weighted by Crippen LogP contribution is -2.65. The van der Waals surface area contributed by atoms with Gasteiger partial charge in [0.05, 0.1) is 6.61 Å². The van der Waals surface area contributed by atoms with Gasteiger partial charge in [0, 0.05) is 19.5 Å². The van der Waals surface area contributed by atoms with E-state index in [0.29, 0.717) is 11.4 Å². The Hall–Kier alpha value is -2.20. The van der Waals surface area contributed by atoms with Crippen LogP contribution in [0.3, 0.4) is 0 Å². The first-order chi connectivity index (χ1) is 11.8. The molecule has 1 aromatic rings. The zero-order valence-corrected chi connectivity index (χ0v) is 13.9. The van der Waals surface area contributed by atoms with Crippen LogP contribution in [0.1, 0.15) is 13.8 Å². The van der Waals surface area contributed by atoms with E-state index >= 15 is 0 Å². The summed E-state index contributed by atoms with van der Waals surface area (Å²) in [6.07, 6.45) is -4.92. The van der Waals surface area contributed by atoms with Gasteiger partial charge in [0.25, 0.3) is 0 Å². The van der Waals surface area contributed by atoms with Gasteiger partial charge in [0.15, 0.2) is 0 Å². The van der Waals surface area contributed by atoms with Gasteiger partial charge in [0.2, 0.25) is 18.1 Å². The molecule has 1 fully saturated rings. The minimum atomic E-state index is -1.38. The van der Waals surface area contributed by atoms with Crippen molar-refractivity contribution in [2.45, 2.75) is 44.5 Å². The second kappa shape index (κ2) is 8.26. The molecule has 1 saturated heterocycles. The molecule has 0 aromatic heterocycles. The third-order valence-electron chi connectivity index (χ3n) is 3.68. The molecule has 138 valence electrons. The summed E-state index contributed by atoms with van der Waals surface area (Å²) in [6.45, 7) is 2.13. The average Bonchev–Trinajstić information content (AvgIpc) is 2.55. The molecule has 0 bridgehead atoms. The molecule has 9 heteroatoms. The van der Waals surface area contributed by atoms with E-state index in [2.05, 4.69) is 10.6 Å². The van der Waals surface area contributed by atoms with Crippen molar-refractivity contribution in [3.8, 4) is 5.75 Å². The lowest BCUT2D eigenvalue weighted by atomic mass is 9.97. The van der Waals surface area contributed by atoms with Gasteiger partial charge < -0.3 is 35.4 Å². The van der Waals surface area contributed by atoms with Crippen LogP contribution in [-0.2, 0) is 14.3 Å². The molecule has 1 aliphatic heterocycles. The zero-order valence-electron chi connectivity index (χ0n) is 13.9. The normalized spacial score (nSPS) is 28.9. The smallest absolute Gasteiger partial charge is 0.223 e. The third kappa shape index (κ3) is 4.89. The lowest BCUT2D eigenvalue weighted by Gasteiger charge is -2.42. The minimum absolute atomic E-state index is 0.210. The number of aliphatic hydroxyl groups is 3. The fourth-order valence-electron chi connectivity index (χ4n) is 2.53. The molecule has 1 aromatic carbocycles. The Bertz CT molecular complexity index is 607. The molecular formula is C16H22N2O7. The lowest BCUT2D eigenvalue weighted by molar-refractivity contribution is -0.244. The first-order valence-electron chi connectivity index (χ1n) is 7.75. The number of carbonyl (C=O) groups excluding carboxylic acids is 2. The number of ether oxygens (including phenoxy) is 2. The predicted molar refractivity (Wildman–Crippen MR) is 86.7 cm³/mol. The van der Waals surface area contributed by atoms with Crippen molar-refractivity contribution in [3.05, 3.63) is 24.3 Å². The summed E-state index contributed by atoms with van der Waals surface area (Å²) in [4.78, 5) is 22.4. The highest BCUT2D eigenvalue weighted by Crippen LogP contribution is 2.25. The number of rotatable bonds is 5. The Morgan fingerprint density at radius 1 is 1.12 bits per heavy atom. The van der Waals surface area contributed by atoms with Crippen LogP contribution in [0.4, 0.5) is 5.69 Å². The van der Waals surface area contributed by atoms with Gasteiger partial charge in [-0.15, -0.1) is 0 Å². The van der Waals surface area contributed by atoms with Gasteiger partial charge >= 0.3 is 0 Å². The molecule has 2 rings (SSSR count). The maximum Gasteiger partial charge on any atom is 0.223 e. The summed E-state index contributed by atoms with van der Waals surface area (Å²) in [6, 6.07) is 5.35.